The molecule has 1 saturated heterocycles. The van der Waals surface area contributed by atoms with E-state index in [0.717, 1.165) is 39.2 Å². The van der Waals surface area contributed by atoms with Crippen LogP contribution in [0.5, 0.6) is 0 Å². The second-order valence-electron chi connectivity index (χ2n) is 6.89. The molecule has 1 heterocycles. The fourth-order valence-corrected chi connectivity index (χ4v) is 3.25. The van der Waals surface area contributed by atoms with Crippen molar-refractivity contribution in [1.29, 1.82) is 0 Å². The van der Waals surface area contributed by atoms with E-state index in [-0.39, 0.29) is 41.5 Å². The van der Waals surface area contributed by atoms with Crippen LogP contribution in [0.2, 0.25) is 0 Å². The minimum absolute atomic E-state index is 0. The van der Waals surface area contributed by atoms with Gasteiger partial charge in [-0.3, -0.25) is 4.99 Å². The summed E-state index contributed by atoms with van der Waals surface area (Å²) in [6.45, 7) is 3.82. The molecule has 1 aromatic carbocycles. The van der Waals surface area contributed by atoms with Gasteiger partial charge in [0.05, 0.1) is 13.2 Å². The number of benzene rings is 1. The van der Waals surface area contributed by atoms with E-state index in [0.29, 0.717) is 24.9 Å². The van der Waals surface area contributed by atoms with E-state index in [1.54, 1.807) is 7.05 Å². The number of ether oxygens (including phenoxy) is 2. The van der Waals surface area contributed by atoms with Crippen LogP contribution in [0.1, 0.15) is 30.7 Å². The smallest absolute Gasteiger partial charge is 0.191 e. The van der Waals surface area contributed by atoms with Crippen molar-refractivity contribution in [2.45, 2.75) is 31.2 Å². The van der Waals surface area contributed by atoms with Crippen LogP contribution in [0.15, 0.2) is 23.2 Å². The van der Waals surface area contributed by atoms with Gasteiger partial charge in [0.25, 0.3) is 0 Å². The van der Waals surface area contributed by atoms with Gasteiger partial charge in [-0.1, -0.05) is 6.07 Å². The van der Waals surface area contributed by atoms with Crippen LogP contribution in [0.3, 0.4) is 0 Å². The molecule has 1 aromatic rings. The van der Waals surface area contributed by atoms with Gasteiger partial charge in [0.15, 0.2) is 5.96 Å². The van der Waals surface area contributed by atoms with E-state index in [2.05, 4.69) is 15.6 Å². The molecular weight excluding hydrogens is 467 g/mol. The summed E-state index contributed by atoms with van der Waals surface area (Å²) in [5.41, 5.74) is 0.171. The normalized spacial score (nSPS) is 24.4. The summed E-state index contributed by atoms with van der Waals surface area (Å²) in [5.74, 6) is 0.0761. The molecule has 27 heavy (non-hydrogen) atoms. The van der Waals surface area contributed by atoms with Crippen molar-refractivity contribution in [2.24, 2.45) is 10.9 Å². The first-order chi connectivity index (χ1) is 12.7. The Labute approximate surface area is 176 Å². The topological polar surface area (TPSA) is 54.9 Å². The van der Waals surface area contributed by atoms with Crippen LogP contribution in [-0.2, 0) is 9.47 Å². The predicted octanol–water partition coefficient (Wildman–Crippen LogP) is 3.05. The largest absolute Gasteiger partial charge is 0.381 e. The van der Waals surface area contributed by atoms with Gasteiger partial charge in [-0.2, -0.15) is 0 Å². The fraction of sp³-hybridized carbons (Fsp3) is 0.632. The second kappa shape index (κ2) is 11.1. The average Bonchev–Trinajstić information content (AvgIpc) is 3.16. The Balaban J connectivity index is 0.00000261. The number of nitrogens with one attached hydrogen (secondary N) is 2. The zero-order chi connectivity index (χ0) is 18.4. The maximum atomic E-state index is 13.8. The minimum atomic E-state index is -0.480. The van der Waals surface area contributed by atoms with Crippen LogP contribution in [0.4, 0.5) is 8.78 Å². The summed E-state index contributed by atoms with van der Waals surface area (Å²) in [6.07, 6.45) is 2.65. The van der Waals surface area contributed by atoms with E-state index in [9.17, 15) is 8.78 Å². The number of guanidine groups is 1. The number of nitrogens with zero attached hydrogens (tertiary/aromatic N) is 1. The van der Waals surface area contributed by atoms with Crippen LogP contribution >= 0.6 is 24.0 Å². The lowest BCUT2D eigenvalue weighted by Crippen LogP contribution is -2.39. The van der Waals surface area contributed by atoms with Crippen molar-refractivity contribution >= 4 is 29.9 Å². The molecule has 1 aliphatic heterocycles. The van der Waals surface area contributed by atoms with Gasteiger partial charge in [-0.25, -0.2) is 8.78 Å². The van der Waals surface area contributed by atoms with Crippen molar-refractivity contribution in [3.63, 3.8) is 0 Å². The molecule has 1 saturated carbocycles. The van der Waals surface area contributed by atoms with E-state index >= 15 is 0 Å². The van der Waals surface area contributed by atoms with Gasteiger partial charge < -0.3 is 20.1 Å². The molecule has 2 fully saturated rings. The fourth-order valence-electron chi connectivity index (χ4n) is 3.25. The van der Waals surface area contributed by atoms with Crippen LogP contribution in [0, 0.1) is 17.6 Å². The lowest BCUT2D eigenvalue weighted by Gasteiger charge is -2.13. The van der Waals surface area contributed by atoms with E-state index in [1.807, 2.05) is 0 Å². The molecule has 2 aliphatic rings. The minimum Gasteiger partial charge on any atom is -0.381 e. The Morgan fingerprint density at radius 3 is 2.78 bits per heavy atom. The highest BCUT2D eigenvalue weighted by Gasteiger charge is 2.42. The molecule has 0 amide bonds. The molecule has 1 aliphatic carbocycles. The SMILES string of the molecule is CN=C(NCCCOCC1CCOC1)NC1CC1c1c(F)cccc1F.I. The Bertz CT molecular complexity index is 607. The Kier molecular flexibility index (Phi) is 9.17. The maximum absolute atomic E-state index is 13.8. The summed E-state index contributed by atoms with van der Waals surface area (Å²) in [4.78, 5) is 4.17. The number of hydrogen-bond acceptors (Lipinski definition) is 3. The third-order valence-corrected chi connectivity index (χ3v) is 4.84. The lowest BCUT2D eigenvalue weighted by molar-refractivity contribution is 0.0888. The summed E-state index contributed by atoms with van der Waals surface area (Å²) in [6, 6.07) is 4.00. The molecule has 0 radical (unpaired) electrons. The van der Waals surface area contributed by atoms with Crippen molar-refractivity contribution in [3.8, 4) is 0 Å². The maximum Gasteiger partial charge on any atom is 0.191 e. The highest BCUT2D eigenvalue weighted by molar-refractivity contribution is 14.0. The molecule has 8 heteroatoms. The van der Waals surface area contributed by atoms with Crippen molar-refractivity contribution in [3.05, 3.63) is 35.4 Å². The standard InChI is InChI=1S/C19H27F2N3O2.HI/c1-22-19(23-7-3-8-25-11-13-6-9-26-12-13)24-17-10-14(17)18-15(20)4-2-5-16(18)21;/h2,4-5,13-14,17H,3,6-12H2,1H3,(H2,22,23,24);1H. The third-order valence-electron chi connectivity index (χ3n) is 4.84. The molecule has 152 valence electrons. The average molecular weight is 495 g/mol. The highest BCUT2D eigenvalue weighted by atomic mass is 127. The first-order valence-corrected chi connectivity index (χ1v) is 9.25. The summed E-state index contributed by atoms with van der Waals surface area (Å²) in [5, 5.41) is 6.44. The zero-order valence-corrected chi connectivity index (χ0v) is 17.9. The van der Waals surface area contributed by atoms with Crippen molar-refractivity contribution in [1.82, 2.24) is 10.6 Å². The Morgan fingerprint density at radius 1 is 1.33 bits per heavy atom. The van der Waals surface area contributed by atoms with E-state index in [1.165, 1.54) is 18.2 Å². The van der Waals surface area contributed by atoms with Crippen LogP contribution in [0.25, 0.3) is 0 Å². The van der Waals surface area contributed by atoms with Gasteiger partial charge in [-0.05, 0) is 31.4 Å². The van der Waals surface area contributed by atoms with E-state index < -0.39 is 11.6 Å². The monoisotopic (exact) mass is 495 g/mol. The molecular formula is C19H28F2IN3O2. The van der Waals surface area contributed by atoms with Crippen molar-refractivity contribution in [2.75, 3.05) is 40.0 Å². The van der Waals surface area contributed by atoms with Crippen molar-refractivity contribution < 1.29 is 18.3 Å². The van der Waals surface area contributed by atoms with Crippen LogP contribution < -0.4 is 10.6 Å². The quantitative estimate of drug-likeness (QED) is 0.252. The van der Waals surface area contributed by atoms with E-state index in [4.69, 9.17) is 9.47 Å². The molecule has 2 N–H and O–H groups in total. The van der Waals surface area contributed by atoms with Gasteiger partial charge in [-0.15, -0.1) is 24.0 Å². The number of rotatable bonds is 8. The molecule has 3 unspecified atom stereocenters. The summed E-state index contributed by atoms with van der Waals surface area (Å²) in [7, 11) is 1.69. The predicted molar refractivity (Wildman–Crippen MR) is 112 cm³/mol. The zero-order valence-electron chi connectivity index (χ0n) is 15.5. The lowest BCUT2D eigenvalue weighted by atomic mass is 10.1. The molecule has 0 spiro atoms. The summed E-state index contributed by atoms with van der Waals surface area (Å²) < 4.78 is 38.6. The Hall–Kier alpha value is -1.000. The third kappa shape index (κ3) is 6.53. The summed E-state index contributed by atoms with van der Waals surface area (Å²) >= 11 is 0. The number of aliphatic imine (C=N–C) groups is 1. The number of hydrogen-bond donors (Lipinski definition) is 2. The molecule has 0 bridgehead atoms. The van der Waals surface area contributed by atoms with Gasteiger partial charge in [0.2, 0.25) is 0 Å². The van der Waals surface area contributed by atoms with Gasteiger partial charge >= 0.3 is 0 Å². The first-order valence-electron chi connectivity index (χ1n) is 9.25. The van der Waals surface area contributed by atoms with Crippen LogP contribution in [-0.4, -0.2) is 52.0 Å². The highest BCUT2D eigenvalue weighted by Crippen LogP contribution is 2.42. The Morgan fingerprint density at radius 2 is 2.11 bits per heavy atom. The van der Waals surface area contributed by atoms with Gasteiger partial charge in [0, 0.05) is 50.2 Å². The number of halogens is 3. The van der Waals surface area contributed by atoms with Gasteiger partial charge in [0.1, 0.15) is 11.6 Å². The molecule has 0 aromatic heterocycles. The molecule has 3 rings (SSSR count). The molecule has 3 atom stereocenters. The second-order valence-corrected chi connectivity index (χ2v) is 6.89. The molecule has 5 nitrogen and oxygen atoms in total. The first kappa shape index (κ1) is 22.3.